The van der Waals surface area contributed by atoms with Gasteiger partial charge in [-0.3, -0.25) is 4.79 Å². The largest absolute Gasteiger partial charge is 0.353 e. The highest BCUT2D eigenvalue weighted by atomic mass is 16.1. The van der Waals surface area contributed by atoms with Crippen LogP contribution in [0.25, 0.3) is 0 Å². The molecule has 3 N–H and O–H groups in total. The van der Waals surface area contributed by atoms with Crippen LogP contribution in [0.3, 0.4) is 0 Å². The van der Waals surface area contributed by atoms with Crippen LogP contribution >= 0.6 is 0 Å². The van der Waals surface area contributed by atoms with Gasteiger partial charge in [-0.1, -0.05) is 20.3 Å². The van der Waals surface area contributed by atoms with Crippen molar-refractivity contribution < 1.29 is 4.79 Å². The minimum atomic E-state index is 0.214. The molecule has 1 amide bonds. The second-order valence-corrected chi connectivity index (χ2v) is 5.01. The third-order valence-corrected chi connectivity index (χ3v) is 3.62. The average Bonchev–Trinajstić information content (AvgIpc) is 2.29. The van der Waals surface area contributed by atoms with Gasteiger partial charge in [0.05, 0.1) is 0 Å². The van der Waals surface area contributed by atoms with Crippen LogP contribution in [-0.4, -0.2) is 18.0 Å². The van der Waals surface area contributed by atoms with Crippen molar-refractivity contribution in [1.29, 1.82) is 0 Å². The molecule has 1 unspecified atom stereocenters. The molecule has 0 aromatic carbocycles. The van der Waals surface area contributed by atoms with Crippen LogP contribution in [0, 0.1) is 5.92 Å². The van der Waals surface area contributed by atoms with Gasteiger partial charge in [-0.05, 0) is 38.5 Å². The molecule has 0 saturated heterocycles. The second kappa shape index (κ2) is 6.89. The Morgan fingerprint density at radius 2 is 1.94 bits per heavy atom. The second-order valence-electron chi connectivity index (χ2n) is 5.01. The fourth-order valence-corrected chi connectivity index (χ4v) is 2.43. The highest BCUT2D eigenvalue weighted by Gasteiger charge is 2.25. The van der Waals surface area contributed by atoms with Crippen molar-refractivity contribution in [3.8, 4) is 0 Å². The van der Waals surface area contributed by atoms with Crippen molar-refractivity contribution >= 4 is 5.91 Å². The highest BCUT2D eigenvalue weighted by molar-refractivity contribution is 5.79. The first-order valence-corrected chi connectivity index (χ1v) is 6.73. The topological polar surface area (TPSA) is 55.1 Å². The summed E-state index contributed by atoms with van der Waals surface area (Å²) in [4.78, 5) is 12.0. The molecule has 1 aliphatic rings. The molecular formula is C13H26N2O. The minimum absolute atomic E-state index is 0.214. The summed E-state index contributed by atoms with van der Waals surface area (Å²) in [7, 11) is 0. The lowest BCUT2D eigenvalue weighted by atomic mass is 9.85. The van der Waals surface area contributed by atoms with Gasteiger partial charge in [-0.25, -0.2) is 0 Å². The summed E-state index contributed by atoms with van der Waals surface area (Å²) in [6.45, 7) is 4.30. The predicted octanol–water partition coefficient (Wildman–Crippen LogP) is 2.20. The number of rotatable bonds is 5. The van der Waals surface area contributed by atoms with E-state index in [1.165, 1.54) is 0 Å². The van der Waals surface area contributed by atoms with Gasteiger partial charge in [0.15, 0.2) is 0 Å². The van der Waals surface area contributed by atoms with Gasteiger partial charge in [0.25, 0.3) is 0 Å². The first kappa shape index (κ1) is 13.5. The van der Waals surface area contributed by atoms with Crippen molar-refractivity contribution in [1.82, 2.24) is 5.32 Å². The molecule has 0 spiro atoms. The van der Waals surface area contributed by atoms with E-state index in [1.54, 1.807) is 0 Å². The van der Waals surface area contributed by atoms with E-state index in [9.17, 15) is 4.79 Å². The van der Waals surface area contributed by atoms with Crippen molar-refractivity contribution in [2.75, 3.05) is 0 Å². The lowest BCUT2D eigenvalue weighted by Gasteiger charge is -2.27. The van der Waals surface area contributed by atoms with Gasteiger partial charge < -0.3 is 11.1 Å². The molecule has 1 atom stereocenters. The SMILES string of the molecule is CCCC(CC)NC(=O)C1CCC(N)CC1. The van der Waals surface area contributed by atoms with Crippen LogP contribution < -0.4 is 11.1 Å². The summed E-state index contributed by atoms with van der Waals surface area (Å²) < 4.78 is 0. The molecule has 1 fully saturated rings. The molecule has 0 radical (unpaired) electrons. The van der Waals surface area contributed by atoms with Gasteiger partial charge in [-0.2, -0.15) is 0 Å². The van der Waals surface area contributed by atoms with E-state index in [0.29, 0.717) is 12.1 Å². The van der Waals surface area contributed by atoms with Crippen LogP contribution in [-0.2, 0) is 4.79 Å². The van der Waals surface area contributed by atoms with Crippen LogP contribution in [0.4, 0.5) is 0 Å². The number of nitrogens with two attached hydrogens (primary N) is 1. The normalized spacial score (nSPS) is 27.4. The summed E-state index contributed by atoms with van der Waals surface area (Å²) in [6.07, 6.45) is 7.20. The minimum Gasteiger partial charge on any atom is -0.353 e. The molecule has 3 heteroatoms. The van der Waals surface area contributed by atoms with Crippen LogP contribution in [0.5, 0.6) is 0 Å². The number of amides is 1. The fraction of sp³-hybridized carbons (Fsp3) is 0.923. The molecule has 1 rings (SSSR count). The Kier molecular flexibility index (Phi) is 5.81. The molecule has 0 heterocycles. The zero-order valence-electron chi connectivity index (χ0n) is 10.7. The standard InChI is InChI=1S/C13H26N2O/c1-3-5-12(4-2)15-13(16)10-6-8-11(14)9-7-10/h10-12H,3-9,14H2,1-2H3,(H,15,16). The molecule has 16 heavy (non-hydrogen) atoms. The summed E-state index contributed by atoms with van der Waals surface area (Å²) >= 11 is 0. The maximum Gasteiger partial charge on any atom is 0.223 e. The lowest BCUT2D eigenvalue weighted by molar-refractivity contribution is -0.126. The quantitative estimate of drug-likeness (QED) is 0.755. The zero-order valence-corrected chi connectivity index (χ0v) is 10.7. The zero-order chi connectivity index (χ0) is 12.0. The molecule has 0 bridgehead atoms. The number of nitrogens with one attached hydrogen (secondary N) is 1. The smallest absolute Gasteiger partial charge is 0.223 e. The molecule has 0 aliphatic heterocycles. The van der Waals surface area contributed by atoms with Gasteiger partial charge in [-0.15, -0.1) is 0 Å². The van der Waals surface area contributed by atoms with E-state index >= 15 is 0 Å². The summed E-state index contributed by atoms with van der Waals surface area (Å²) in [6, 6.07) is 0.690. The summed E-state index contributed by atoms with van der Waals surface area (Å²) in [5.41, 5.74) is 5.84. The molecule has 1 aliphatic carbocycles. The Labute approximate surface area is 99.2 Å². The van der Waals surface area contributed by atoms with Gasteiger partial charge in [0.2, 0.25) is 5.91 Å². The summed E-state index contributed by atoms with van der Waals surface area (Å²) in [5, 5.41) is 3.17. The van der Waals surface area contributed by atoms with Gasteiger partial charge in [0.1, 0.15) is 0 Å². The third kappa shape index (κ3) is 4.12. The molecule has 0 aromatic rings. The van der Waals surface area contributed by atoms with Crippen LogP contribution in [0.2, 0.25) is 0 Å². The van der Waals surface area contributed by atoms with E-state index in [-0.39, 0.29) is 11.8 Å². The van der Waals surface area contributed by atoms with E-state index < -0.39 is 0 Å². The average molecular weight is 226 g/mol. The van der Waals surface area contributed by atoms with E-state index in [4.69, 9.17) is 5.73 Å². The molecule has 3 nitrogen and oxygen atoms in total. The van der Waals surface area contributed by atoms with Gasteiger partial charge >= 0.3 is 0 Å². The summed E-state index contributed by atoms with van der Waals surface area (Å²) in [5.74, 6) is 0.470. The lowest BCUT2D eigenvalue weighted by Crippen LogP contribution is -2.41. The van der Waals surface area contributed by atoms with E-state index in [2.05, 4.69) is 19.2 Å². The van der Waals surface area contributed by atoms with Crippen molar-refractivity contribution in [3.63, 3.8) is 0 Å². The highest BCUT2D eigenvalue weighted by Crippen LogP contribution is 2.23. The molecule has 94 valence electrons. The molecule has 1 saturated carbocycles. The van der Waals surface area contributed by atoms with Crippen LogP contribution in [0.1, 0.15) is 58.8 Å². The van der Waals surface area contributed by atoms with Gasteiger partial charge in [0, 0.05) is 18.0 Å². The maximum atomic E-state index is 12.0. The number of hydrogen-bond acceptors (Lipinski definition) is 2. The fourth-order valence-electron chi connectivity index (χ4n) is 2.43. The third-order valence-electron chi connectivity index (χ3n) is 3.62. The van der Waals surface area contributed by atoms with Crippen molar-refractivity contribution in [3.05, 3.63) is 0 Å². The Morgan fingerprint density at radius 1 is 1.31 bits per heavy atom. The Hall–Kier alpha value is -0.570. The Bertz CT molecular complexity index is 210. The first-order valence-electron chi connectivity index (χ1n) is 6.73. The van der Waals surface area contributed by atoms with E-state index in [1.807, 2.05) is 0 Å². The first-order chi connectivity index (χ1) is 7.67. The number of hydrogen-bond donors (Lipinski definition) is 2. The van der Waals surface area contributed by atoms with Crippen LogP contribution in [0.15, 0.2) is 0 Å². The number of carbonyl (C=O) groups is 1. The molecule has 0 aromatic heterocycles. The number of carbonyl (C=O) groups excluding carboxylic acids is 1. The van der Waals surface area contributed by atoms with Crippen molar-refractivity contribution in [2.24, 2.45) is 11.7 Å². The molecular weight excluding hydrogens is 200 g/mol. The van der Waals surface area contributed by atoms with Crippen molar-refractivity contribution in [2.45, 2.75) is 70.9 Å². The van der Waals surface area contributed by atoms with E-state index in [0.717, 1.165) is 44.9 Å². The monoisotopic (exact) mass is 226 g/mol. The Morgan fingerprint density at radius 3 is 2.44 bits per heavy atom. The Balaban J connectivity index is 2.33. The predicted molar refractivity (Wildman–Crippen MR) is 67.1 cm³/mol. The maximum absolute atomic E-state index is 12.0.